The molecule has 1 aliphatic carbocycles. The molecule has 12 heavy (non-hydrogen) atoms. The van der Waals surface area contributed by atoms with Crippen molar-refractivity contribution in [3.8, 4) is 0 Å². The van der Waals surface area contributed by atoms with Gasteiger partial charge in [0.15, 0.2) is 0 Å². The van der Waals surface area contributed by atoms with E-state index in [2.05, 4.69) is 0 Å². The predicted octanol–water partition coefficient (Wildman–Crippen LogP) is 0.103. The minimum absolute atomic E-state index is 0.0727. The third-order valence-electron chi connectivity index (χ3n) is 2.91. The number of hydrogen-bond acceptors (Lipinski definition) is 3. The highest BCUT2D eigenvalue weighted by molar-refractivity contribution is 5.01. The van der Waals surface area contributed by atoms with Gasteiger partial charge < -0.3 is 15.9 Å². The maximum Gasteiger partial charge on any atom is 0.0968 e. The first-order valence-corrected chi connectivity index (χ1v) is 4.64. The summed E-state index contributed by atoms with van der Waals surface area (Å²) in [4.78, 5) is 0. The summed E-state index contributed by atoms with van der Waals surface area (Å²) in [6.45, 7) is 4.00. The minimum Gasteiger partial charge on any atom is -0.389 e. The Balaban J connectivity index is 2.70. The summed E-state index contributed by atoms with van der Waals surface area (Å²) in [6, 6.07) is 0. The summed E-state index contributed by atoms with van der Waals surface area (Å²) >= 11 is 0. The first kappa shape index (κ1) is 9.96. The van der Waals surface area contributed by atoms with Crippen molar-refractivity contribution in [3.63, 3.8) is 0 Å². The maximum atomic E-state index is 10.2. The van der Waals surface area contributed by atoms with Crippen LogP contribution in [0.25, 0.3) is 0 Å². The van der Waals surface area contributed by atoms with Crippen LogP contribution in [-0.4, -0.2) is 28.5 Å². The van der Waals surface area contributed by atoms with Crippen molar-refractivity contribution in [3.05, 3.63) is 0 Å². The van der Waals surface area contributed by atoms with Gasteiger partial charge in [-0.1, -0.05) is 13.8 Å². The highest BCUT2D eigenvalue weighted by atomic mass is 16.3. The summed E-state index contributed by atoms with van der Waals surface area (Å²) in [5.41, 5.74) is 4.40. The molecule has 2 atom stereocenters. The highest BCUT2D eigenvalue weighted by Crippen LogP contribution is 2.45. The second kappa shape index (κ2) is 3.32. The maximum absolute atomic E-state index is 10.2. The van der Waals surface area contributed by atoms with E-state index in [4.69, 9.17) is 5.73 Å². The smallest absolute Gasteiger partial charge is 0.0968 e. The van der Waals surface area contributed by atoms with Crippen molar-refractivity contribution in [1.82, 2.24) is 0 Å². The normalized spacial score (nSPS) is 25.5. The van der Waals surface area contributed by atoms with E-state index < -0.39 is 11.7 Å². The summed E-state index contributed by atoms with van der Waals surface area (Å²) in [5.74, 6) is 0.333. The van der Waals surface area contributed by atoms with Gasteiger partial charge in [-0.05, 0) is 24.7 Å². The zero-order valence-electron chi connectivity index (χ0n) is 7.83. The Kier molecular flexibility index (Phi) is 2.76. The molecule has 0 aromatic carbocycles. The van der Waals surface area contributed by atoms with Gasteiger partial charge in [0.2, 0.25) is 0 Å². The number of aliphatic hydroxyl groups excluding tert-OH is 1. The molecular weight excluding hydrogens is 154 g/mol. The Labute approximate surface area is 73.6 Å². The zero-order chi connectivity index (χ0) is 9.35. The fourth-order valence-corrected chi connectivity index (χ4v) is 1.86. The number of nitrogens with two attached hydrogens (primary N) is 1. The molecule has 0 radical (unpaired) electrons. The molecular formula is C9H19NO2. The van der Waals surface area contributed by atoms with E-state index in [1.54, 1.807) is 0 Å². The summed E-state index contributed by atoms with van der Waals surface area (Å²) in [7, 11) is 0. The number of aliphatic hydroxyl groups is 2. The summed E-state index contributed by atoms with van der Waals surface area (Å²) < 4.78 is 0. The van der Waals surface area contributed by atoms with Crippen LogP contribution in [0.3, 0.4) is 0 Å². The van der Waals surface area contributed by atoms with Gasteiger partial charge in [-0.15, -0.1) is 0 Å². The lowest BCUT2D eigenvalue weighted by atomic mass is 9.80. The average Bonchev–Trinajstić information content (AvgIpc) is 2.83. The third kappa shape index (κ3) is 1.49. The van der Waals surface area contributed by atoms with E-state index >= 15 is 0 Å². The molecule has 1 aliphatic rings. The highest BCUT2D eigenvalue weighted by Gasteiger charge is 2.50. The lowest BCUT2D eigenvalue weighted by Crippen LogP contribution is -2.52. The Bertz CT molecular complexity index is 153. The molecule has 3 heteroatoms. The molecule has 4 N–H and O–H groups in total. The fourth-order valence-electron chi connectivity index (χ4n) is 1.86. The van der Waals surface area contributed by atoms with Gasteiger partial charge in [0.1, 0.15) is 0 Å². The van der Waals surface area contributed by atoms with Gasteiger partial charge >= 0.3 is 0 Å². The molecule has 0 amide bonds. The predicted molar refractivity (Wildman–Crippen MR) is 47.6 cm³/mol. The summed E-state index contributed by atoms with van der Waals surface area (Å²) in [6.07, 6.45) is 1.27. The first-order valence-electron chi connectivity index (χ1n) is 4.64. The van der Waals surface area contributed by atoms with Crippen LogP contribution in [0, 0.1) is 11.8 Å². The molecule has 1 rings (SSSR count). The van der Waals surface area contributed by atoms with Gasteiger partial charge in [0, 0.05) is 6.54 Å². The molecule has 0 aliphatic heterocycles. The van der Waals surface area contributed by atoms with Crippen LogP contribution < -0.4 is 5.73 Å². The SMILES string of the molecule is CC(C)C(O)(C(O)CN)C1CC1. The average molecular weight is 173 g/mol. The molecule has 0 saturated heterocycles. The standard InChI is InChI=1S/C9H19NO2/c1-6(2)9(12,7-3-4-7)8(11)5-10/h6-8,11-12H,3-5,10H2,1-2H3. The second-order valence-corrected chi connectivity index (χ2v) is 4.07. The number of hydrogen-bond donors (Lipinski definition) is 3. The van der Waals surface area contributed by atoms with Crippen molar-refractivity contribution >= 4 is 0 Å². The zero-order valence-corrected chi connectivity index (χ0v) is 7.83. The van der Waals surface area contributed by atoms with Gasteiger partial charge in [0.05, 0.1) is 11.7 Å². The van der Waals surface area contributed by atoms with Crippen molar-refractivity contribution in [2.45, 2.75) is 38.4 Å². The van der Waals surface area contributed by atoms with E-state index in [0.29, 0.717) is 0 Å². The molecule has 0 heterocycles. The third-order valence-corrected chi connectivity index (χ3v) is 2.91. The topological polar surface area (TPSA) is 66.5 Å². The fraction of sp³-hybridized carbons (Fsp3) is 1.00. The van der Waals surface area contributed by atoms with Crippen molar-refractivity contribution in [2.24, 2.45) is 17.6 Å². The molecule has 0 aromatic heterocycles. The van der Waals surface area contributed by atoms with Crippen LogP contribution in [-0.2, 0) is 0 Å². The van der Waals surface area contributed by atoms with Crippen LogP contribution in [0.1, 0.15) is 26.7 Å². The van der Waals surface area contributed by atoms with E-state index in [1.165, 1.54) is 0 Å². The Hall–Kier alpha value is -0.120. The van der Waals surface area contributed by atoms with Crippen LogP contribution in [0.4, 0.5) is 0 Å². The van der Waals surface area contributed by atoms with E-state index in [-0.39, 0.29) is 18.4 Å². The molecule has 2 unspecified atom stereocenters. The van der Waals surface area contributed by atoms with Gasteiger partial charge in [-0.25, -0.2) is 0 Å². The van der Waals surface area contributed by atoms with Crippen LogP contribution in [0.5, 0.6) is 0 Å². The molecule has 1 saturated carbocycles. The van der Waals surface area contributed by atoms with Crippen LogP contribution in [0.2, 0.25) is 0 Å². The number of rotatable bonds is 4. The van der Waals surface area contributed by atoms with Gasteiger partial charge in [-0.2, -0.15) is 0 Å². The molecule has 3 nitrogen and oxygen atoms in total. The molecule has 0 spiro atoms. The van der Waals surface area contributed by atoms with Crippen molar-refractivity contribution in [1.29, 1.82) is 0 Å². The van der Waals surface area contributed by atoms with Crippen molar-refractivity contribution < 1.29 is 10.2 Å². The van der Waals surface area contributed by atoms with Crippen LogP contribution >= 0.6 is 0 Å². The second-order valence-electron chi connectivity index (χ2n) is 4.07. The lowest BCUT2D eigenvalue weighted by molar-refractivity contribution is -0.116. The van der Waals surface area contributed by atoms with E-state index in [1.807, 2.05) is 13.8 Å². The van der Waals surface area contributed by atoms with E-state index in [9.17, 15) is 10.2 Å². The van der Waals surface area contributed by atoms with Crippen LogP contribution in [0.15, 0.2) is 0 Å². The molecule has 0 aromatic rings. The summed E-state index contributed by atoms with van der Waals surface area (Å²) in [5, 5.41) is 19.7. The first-order chi connectivity index (χ1) is 5.53. The molecule has 0 bridgehead atoms. The Morgan fingerprint density at radius 3 is 2.25 bits per heavy atom. The Morgan fingerprint density at radius 2 is 2.00 bits per heavy atom. The quantitative estimate of drug-likeness (QED) is 0.565. The van der Waals surface area contributed by atoms with Gasteiger partial charge in [0.25, 0.3) is 0 Å². The largest absolute Gasteiger partial charge is 0.389 e. The lowest BCUT2D eigenvalue weighted by Gasteiger charge is -2.36. The Morgan fingerprint density at radius 1 is 1.50 bits per heavy atom. The minimum atomic E-state index is -0.950. The van der Waals surface area contributed by atoms with Gasteiger partial charge in [-0.3, -0.25) is 0 Å². The van der Waals surface area contributed by atoms with Crippen molar-refractivity contribution in [2.75, 3.05) is 6.54 Å². The van der Waals surface area contributed by atoms with E-state index in [0.717, 1.165) is 12.8 Å². The molecule has 1 fully saturated rings. The molecule has 72 valence electrons. The monoisotopic (exact) mass is 173 g/mol.